The second kappa shape index (κ2) is 7.55. The summed E-state index contributed by atoms with van der Waals surface area (Å²) in [6.45, 7) is 2.06. The molecule has 0 aliphatic carbocycles. The minimum atomic E-state index is -0.447. The largest absolute Gasteiger partial charge is 0.385 e. The Balaban J connectivity index is 0.00000192. The third-order valence-corrected chi connectivity index (χ3v) is 4.41. The van der Waals surface area contributed by atoms with Crippen molar-refractivity contribution in [1.82, 2.24) is 4.90 Å². The molecule has 2 aliphatic rings. The monoisotopic (exact) mass is 338 g/mol. The number of hydrogen-bond donors (Lipinski definition) is 3. The molecule has 1 unspecified atom stereocenters. The molecular weight excluding hydrogens is 316 g/mol. The summed E-state index contributed by atoms with van der Waals surface area (Å²) < 4.78 is 0. The molecule has 1 aromatic rings. The van der Waals surface area contributed by atoms with Crippen LogP contribution in [0.1, 0.15) is 24.8 Å². The molecule has 126 valence electrons. The average Bonchev–Trinajstić information content (AvgIpc) is 2.55. The van der Waals surface area contributed by atoms with Gasteiger partial charge in [0.1, 0.15) is 0 Å². The number of urea groups is 1. The van der Waals surface area contributed by atoms with Gasteiger partial charge in [-0.1, -0.05) is 0 Å². The van der Waals surface area contributed by atoms with Crippen molar-refractivity contribution in [2.75, 3.05) is 30.3 Å². The van der Waals surface area contributed by atoms with Crippen LogP contribution in [-0.4, -0.2) is 36.5 Å². The number of hydrogen-bond acceptors (Lipinski definition) is 3. The number of nitrogens with one attached hydrogen (secondary N) is 2. The number of halogens is 1. The summed E-state index contributed by atoms with van der Waals surface area (Å²) in [5, 5.41) is 6.33. The van der Waals surface area contributed by atoms with Crippen molar-refractivity contribution >= 4 is 35.7 Å². The maximum atomic E-state index is 12.4. The molecule has 3 rings (SSSR count). The lowest BCUT2D eigenvalue weighted by atomic mass is 9.97. The predicted octanol–water partition coefficient (Wildman–Crippen LogP) is 2.20. The molecule has 3 amide bonds. The Morgan fingerprint density at radius 1 is 1.30 bits per heavy atom. The Bertz CT molecular complexity index is 593. The van der Waals surface area contributed by atoms with Crippen LogP contribution < -0.4 is 16.4 Å². The number of fused-ring (bicyclic) bond motifs is 1. The van der Waals surface area contributed by atoms with Gasteiger partial charge in [0.25, 0.3) is 0 Å². The standard InChI is InChI=1S/C16H22N4O2.ClH/c17-16(22)20-8-2-4-12(10-20)15(21)19-13-5-6-14-11(9-13)3-1-7-18-14;/h5-6,9,12,18H,1-4,7-8,10H2,(H2,17,22)(H,19,21);1H. The molecule has 2 aliphatic heterocycles. The number of nitrogens with zero attached hydrogens (tertiary/aromatic N) is 1. The van der Waals surface area contributed by atoms with Gasteiger partial charge < -0.3 is 21.3 Å². The molecule has 6 nitrogen and oxygen atoms in total. The number of amides is 3. The molecule has 4 N–H and O–H groups in total. The lowest BCUT2D eigenvalue weighted by Crippen LogP contribution is -2.46. The summed E-state index contributed by atoms with van der Waals surface area (Å²) in [6.07, 6.45) is 3.75. The summed E-state index contributed by atoms with van der Waals surface area (Å²) in [5.74, 6) is -0.218. The van der Waals surface area contributed by atoms with Crippen molar-refractivity contribution in [3.05, 3.63) is 23.8 Å². The Labute approximate surface area is 142 Å². The van der Waals surface area contributed by atoms with Gasteiger partial charge in [-0.05, 0) is 49.4 Å². The first-order chi connectivity index (χ1) is 10.6. The number of rotatable bonds is 2. The van der Waals surface area contributed by atoms with Crippen LogP contribution in [0.25, 0.3) is 0 Å². The fourth-order valence-electron chi connectivity index (χ4n) is 3.19. The molecule has 0 aromatic heterocycles. The zero-order chi connectivity index (χ0) is 15.5. The minimum Gasteiger partial charge on any atom is -0.385 e. The first kappa shape index (κ1) is 17.4. The van der Waals surface area contributed by atoms with Crippen LogP contribution in [0.2, 0.25) is 0 Å². The van der Waals surface area contributed by atoms with Gasteiger partial charge >= 0.3 is 6.03 Å². The highest BCUT2D eigenvalue weighted by Gasteiger charge is 2.27. The van der Waals surface area contributed by atoms with E-state index in [1.807, 2.05) is 18.2 Å². The van der Waals surface area contributed by atoms with E-state index in [1.54, 1.807) is 4.90 Å². The van der Waals surface area contributed by atoms with E-state index in [9.17, 15) is 9.59 Å². The van der Waals surface area contributed by atoms with Crippen LogP contribution >= 0.6 is 12.4 Å². The zero-order valence-electron chi connectivity index (χ0n) is 13.0. The maximum absolute atomic E-state index is 12.4. The molecule has 0 saturated carbocycles. The number of carbonyl (C=O) groups is 2. The van der Waals surface area contributed by atoms with Gasteiger partial charge in [0, 0.05) is 31.0 Å². The molecule has 0 spiro atoms. The lowest BCUT2D eigenvalue weighted by Gasteiger charge is -2.30. The van der Waals surface area contributed by atoms with Crippen molar-refractivity contribution in [2.24, 2.45) is 11.7 Å². The van der Waals surface area contributed by atoms with Crippen molar-refractivity contribution < 1.29 is 9.59 Å². The van der Waals surface area contributed by atoms with Crippen LogP contribution in [0, 0.1) is 5.92 Å². The summed E-state index contributed by atoms with van der Waals surface area (Å²) in [6, 6.07) is 5.52. The number of piperidine rings is 1. The number of aryl methyl sites for hydroxylation is 1. The first-order valence-corrected chi connectivity index (χ1v) is 7.85. The summed E-state index contributed by atoms with van der Waals surface area (Å²) in [4.78, 5) is 25.2. The van der Waals surface area contributed by atoms with Crippen molar-refractivity contribution in [3.8, 4) is 0 Å². The highest BCUT2D eigenvalue weighted by molar-refractivity contribution is 5.93. The molecule has 23 heavy (non-hydrogen) atoms. The second-order valence-electron chi connectivity index (χ2n) is 6.01. The van der Waals surface area contributed by atoms with E-state index >= 15 is 0 Å². The van der Waals surface area contributed by atoms with Crippen molar-refractivity contribution in [3.63, 3.8) is 0 Å². The molecule has 1 atom stereocenters. The number of likely N-dealkylation sites (tertiary alicyclic amines) is 1. The van der Waals surface area contributed by atoms with Crippen LogP contribution in [0.15, 0.2) is 18.2 Å². The molecule has 1 fully saturated rings. The van der Waals surface area contributed by atoms with E-state index in [-0.39, 0.29) is 24.2 Å². The maximum Gasteiger partial charge on any atom is 0.314 e. The Hall–Kier alpha value is -1.95. The van der Waals surface area contributed by atoms with Gasteiger partial charge in [-0.3, -0.25) is 4.79 Å². The van der Waals surface area contributed by atoms with E-state index in [0.717, 1.165) is 43.6 Å². The van der Waals surface area contributed by atoms with Crippen molar-refractivity contribution in [2.45, 2.75) is 25.7 Å². The molecule has 2 heterocycles. The fraction of sp³-hybridized carbons (Fsp3) is 0.500. The third kappa shape index (κ3) is 4.07. The van der Waals surface area contributed by atoms with Gasteiger partial charge in [-0.25, -0.2) is 4.79 Å². The van der Waals surface area contributed by atoms with Crippen LogP contribution in [0.3, 0.4) is 0 Å². The van der Waals surface area contributed by atoms with E-state index in [2.05, 4.69) is 10.6 Å². The highest BCUT2D eigenvalue weighted by atomic mass is 35.5. The first-order valence-electron chi connectivity index (χ1n) is 7.85. The van der Waals surface area contributed by atoms with Gasteiger partial charge in [-0.15, -0.1) is 12.4 Å². The molecule has 7 heteroatoms. The van der Waals surface area contributed by atoms with Gasteiger partial charge in [-0.2, -0.15) is 0 Å². The van der Waals surface area contributed by atoms with E-state index in [1.165, 1.54) is 5.56 Å². The van der Waals surface area contributed by atoms with Crippen LogP contribution in [-0.2, 0) is 11.2 Å². The highest BCUT2D eigenvalue weighted by Crippen LogP contribution is 2.26. The summed E-state index contributed by atoms with van der Waals surface area (Å²) >= 11 is 0. The van der Waals surface area contributed by atoms with Gasteiger partial charge in [0.05, 0.1) is 5.92 Å². The number of carbonyl (C=O) groups excluding carboxylic acids is 2. The minimum absolute atomic E-state index is 0. The number of nitrogens with two attached hydrogens (primary N) is 1. The quantitative estimate of drug-likeness (QED) is 0.772. The van der Waals surface area contributed by atoms with E-state index < -0.39 is 6.03 Å². The molecular formula is C16H23ClN4O2. The van der Waals surface area contributed by atoms with Gasteiger partial charge in [0.15, 0.2) is 0 Å². The zero-order valence-corrected chi connectivity index (χ0v) is 13.8. The normalized spacial score (nSPS) is 19.8. The number of benzene rings is 1. The molecule has 1 saturated heterocycles. The second-order valence-corrected chi connectivity index (χ2v) is 6.01. The summed E-state index contributed by atoms with van der Waals surface area (Å²) in [5.41, 5.74) is 8.53. The number of primary amides is 1. The molecule has 1 aromatic carbocycles. The third-order valence-electron chi connectivity index (χ3n) is 4.41. The molecule has 0 radical (unpaired) electrons. The Morgan fingerprint density at radius 2 is 2.13 bits per heavy atom. The van der Waals surface area contributed by atoms with Crippen LogP contribution in [0.5, 0.6) is 0 Å². The summed E-state index contributed by atoms with van der Waals surface area (Å²) in [7, 11) is 0. The average molecular weight is 339 g/mol. The van der Waals surface area contributed by atoms with E-state index in [4.69, 9.17) is 5.73 Å². The van der Waals surface area contributed by atoms with Crippen LogP contribution in [0.4, 0.5) is 16.2 Å². The Kier molecular flexibility index (Phi) is 5.71. The predicted molar refractivity (Wildman–Crippen MR) is 93.0 cm³/mol. The lowest BCUT2D eigenvalue weighted by molar-refractivity contribution is -0.121. The van der Waals surface area contributed by atoms with E-state index in [0.29, 0.717) is 13.1 Å². The van der Waals surface area contributed by atoms with Crippen molar-refractivity contribution in [1.29, 1.82) is 0 Å². The van der Waals surface area contributed by atoms with Gasteiger partial charge in [0.2, 0.25) is 5.91 Å². The SMILES string of the molecule is Cl.NC(=O)N1CCCC(C(=O)Nc2ccc3c(c2)CCCN3)C1. The smallest absolute Gasteiger partial charge is 0.314 e. The molecule has 0 bridgehead atoms. The number of anilines is 2. The fourth-order valence-corrected chi connectivity index (χ4v) is 3.19. The topological polar surface area (TPSA) is 87.5 Å². The Morgan fingerprint density at radius 3 is 2.91 bits per heavy atom.